The van der Waals surface area contributed by atoms with E-state index < -0.39 is 0 Å². The Hall–Kier alpha value is -2.11. The van der Waals surface area contributed by atoms with Gasteiger partial charge in [-0.05, 0) is 52.5 Å². The summed E-state index contributed by atoms with van der Waals surface area (Å²) in [6.45, 7) is 1.28. The maximum atomic E-state index is 13.3. The minimum absolute atomic E-state index is 0.0141. The number of ether oxygens (including phenoxy) is 1. The maximum absolute atomic E-state index is 13.3. The SMILES string of the molecule is O=C1c2cc(Br)c(O)cc2C2(CCOCC2)c2[nH]c3ccccc3c21. The third kappa shape index (κ3) is 1.94. The molecule has 1 fully saturated rings. The van der Waals surface area contributed by atoms with Gasteiger partial charge in [-0.2, -0.15) is 0 Å². The van der Waals surface area contributed by atoms with E-state index in [1.807, 2.05) is 24.3 Å². The summed E-state index contributed by atoms with van der Waals surface area (Å²) in [5, 5.41) is 11.2. The zero-order valence-corrected chi connectivity index (χ0v) is 15.0. The standard InChI is InChI=1S/C20H16BrNO3/c21-14-9-12-13(10-16(14)23)20(5-7-25-8-6-20)19-17(18(12)24)11-3-1-2-4-15(11)22-19/h1-4,9-10,22-23H,5-8H2. The molecule has 0 unspecified atom stereocenters. The highest BCUT2D eigenvalue weighted by atomic mass is 79.9. The average molecular weight is 398 g/mol. The van der Waals surface area contributed by atoms with Crippen LogP contribution < -0.4 is 0 Å². The van der Waals surface area contributed by atoms with Gasteiger partial charge in [0.05, 0.1) is 10.0 Å². The monoisotopic (exact) mass is 397 g/mol. The lowest BCUT2D eigenvalue weighted by atomic mass is 9.64. The van der Waals surface area contributed by atoms with Gasteiger partial charge in [-0.1, -0.05) is 18.2 Å². The third-order valence-electron chi connectivity index (χ3n) is 5.61. The number of hydrogen-bond donors (Lipinski definition) is 2. The molecule has 0 atom stereocenters. The molecule has 0 saturated carbocycles. The Morgan fingerprint density at radius 1 is 1.16 bits per heavy atom. The summed E-state index contributed by atoms with van der Waals surface area (Å²) in [6, 6.07) is 11.4. The number of benzene rings is 2. The van der Waals surface area contributed by atoms with Crippen LogP contribution in [0.2, 0.25) is 0 Å². The number of ketones is 1. The fraction of sp³-hybridized carbons (Fsp3) is 0.250. The van der Waals surface area contributed by atoms with Crippen LogP contribution in [0.25, 0.3) is 10.9 Å². The molecule has 2 N–H and O–H groups in total. The van der Waals surface area contributed by atoms with Crippen molar-refractivity contribution in [3.8, 4) is 5.75 Å². The van der Waals surface area contributed by atoms with E-state index in [9.17, 15) is 9.90 Å². The van der Waals surface area contributed by atoms with Crippen LogP contribution in [0.15, 0.2) is 40.9 Å². The molecule has 1 aliphatic carbocycles. The number of halogens is 1. The second-order valence-corrected chi connectivity index (χ2v) is 7.65. The van der Waals surface area contributed by atoms with Crippen LogP contribution in [-0.4, -0.2) is 29.1 Å². The first kappa shape index (κ1) is 15.2. The number of aromatic hydroxyl groups is 1. The zero-order valence-electron chi connectivity index (χ0n) is 13.4. The fourth-order valence-electron chi connectivity index (χ4n) is 4.39. The van der Waals surface area contributed by atoms with Crippen LogP contribution in [0.5, 0.6) is 5.75 Å². The number of phenols is 1. The number of nitrogens with one attached hydrogen (secondary N) is 1. The molecule has 2 heterocycles. The smallest absolute Gasteiger partial charge is 0.195 e. The van der Waals surface area contributed by atoms with Crippen LogP contribution in [-0.2, 0) is 10.2 Å². The highest BCUT2D eigenvalue weighted by molar-refractivity contribution is 9.10. The molecule has 0 amide bonds. The number of carbonyl (C=O) groups excluding carboxylic acids is 1. The second-order valence-electron chi connectivity index (χ2n) is 6.79. The maximum Gasteiger partial charge on any atom is 0.195 e. The van der Waals surface area contributed by atoms with E-state index in [-0.39, 0.29) is 16.9 Å². The first-order chi connectivity index (χ1) is 12.1. The van der Waals surface area contributed by atoms with Crippen LogP contribution in [0.4, 0.5) is 0 Å². The number of fused-ring (bicyclic) bond motifs is 6. The van der Waals surface area contributed by atoms with Crippen molar-refractivity contribution in [2.24, 2.45) is 0 Å². The predicted octanol–water partition coefficient (Wildman–Crippen LogP) is 4.28. The lowest BCUT2D eigenvalue weighted by Gasteiger charge is -2.41. The van der Waals surface area contributed by atoms with Gasteiger partial charge in [0, 0.05) is 40.8 Å². The number of H-pyrrole nitrogens is 1. The summed E-state index contributed by atoms with van der Waals surface area (Å²) in [5.74, 6) is 0.178. The van der Waals surface area contributed by atoms with Gasteiger partial charge in [0.2, 0.25) is 0 Å². The van der Waals surface area contributed by atoms with Crippen molar-refractivity contribution < 1.29 is 14.6 Å². The van der Waals surface area contributed by atoms with Gasteiger partial charge < -0.3 is 14.8 Å². The van der Waals surface area contributed by atoms with Crippen molar-refractivity contribution in [2.45, 2.75) is 18.3 Å². The number of hydrogen-bond acceptors (Lipinski definition) is 3. The number of carbonyl (C=O) groups is 1. The molecule has 25 heavy (non-hydrogen) atoms. The van der Waals surface area contributed by atoms with Crippen molar-refractivity contribution in [1.82, 2.24) is 4.98 Å². The number of para-hydroxylation sites is 1. The Morgan fingerprint density at radius 2 is 1.92 bits per heavy atom. The zero-order chi connectivity index (χ0) is 17.2. The van der Waals surface area contributed by atoms with Gasteiger partial charge in [-0.25, -0.2) is 0 Å². The van der Waals surface area contributed by atoms with Gasteiger partial charge in [0.25, 0.3) is 0 Å². The first-order valence-electron chi connectivity index (χ1n) is 8.38. The van der Waals surface area contributed by atoms with Gasteiger partial charge >= 0.3 is 0 Å². The van der Waals surface area contributed by atoms with Crippen molar-refractivity contribution >= 4 is 32.6 Å². The molecule has 1 saturated heterocycles. The van der Waals surface area contributed by atoms with E-state index in [1.54, 1.807) is 12.1 Å². The van der Waals surface area contributed by atoms with Crippen LogP contribution in [0.3, 0.4) is 0 Å². The molecule has 126 valence electrons. The minimum Gasteiger partial charge on any atom is -0.507 e. The third-order valence-corrected chi connectivity index (χ3v) is 6.24. The highest BCUT2D eigenvalue weighted by Gasteiger charge is 2.47. The highest BCUT2D eigenvalue weighted by Crippen LogP contribution is 2.50. The van der Waals surface area contributed by atoms with Gasteiger partial charge in [0.15, 0.2) is 5.78 Å². The van der Waals surface area contributed by atoms with Crippen LogP contribution >= 0.6 is 15.9 Å². The van der Waals surface area contributed by atoms with Gasteiger partial charge in [-0.3, -0.25) is 4.79 Å². The Kier molecular flexibility index (Phi) is 3.15. The molecule has 0 radical (unpaired) electrons. The number of rotatable bonds is 0. The van der Waals surface area contributed by atoms with Crippen molar-refractivity contribution in [3.63, 3.8) is 0 Å². The first-order valence-corrected chi connectivity index (χ1v) is 9.18. The van der Waals surface area contributed by atoms with Gasteiger partial charge in [-0.15, -0.1) is 0 Å². The van der Waals surface area contributed by atoms with E-state index >= 15 is 0 Å². The summed E-state index contributed by atoms with van der Waals surface area (Å²) >= 11 is 3.36. The lowest BCUT2D eigenvalue weighted by Crippen LogP contribution is -2.40. The molecule has 2 aromatic carbocycles. The topological polar surface area (TPSA) is 62.3 Å². The van der Waals surface area contributed by atoms with E-state index in [0.717, 1.165) is 40.6 Å². The van der Waals surface area contributed by atoms with Crippen molar-refractivity contribution in [2.75, 3.05) is 13.2 Å². The molecular formula is C20H16BrNO3. The summed E-state index contributed by atoms with van der Waals surface area (Å²) in [5.41, 5.74) is 3.96. The molecule has 1 aliphatic heterocycles. The molecule has 5 rings (SSSR count). The Morgan fingerprint density at radius 3 is 2.72 bits per heavy atom. The number of phenolic OH excluding ortho intramolecular Hbond substituents is 1. The minimum atomic E-state index is -0.325. The number of aromatic amines is 1. The predicted molar refractivity (Wildman–Crippen MR) is 98.4 cm³/mol. The van der Waals surface area contributed by atoms with Crippen LogP contribution in [0, 0.1) is 0 Å². The van der Waals surface area contributed by atoms with Crippen LogP contribution in [0.1, 0.15) is 40.0 Å². The summed E-state index contributed by atoms with van der Waals surface area (Å²) in [4.78, 5) is 16.8. The average Bonchev–Trinajstić information content (AvgIpc) is 3.03. The Labute approximate surface area is 152 Å². The molecule has 1 aromatic heterocycles. The molecule has 0 bridgehead atoms. The quantitative estimate of drug-likeness (QED) is 0.594. The molecule has 3 aromatic rings. The van der Waals surface area contributed by atoms with Gasteiger partial charge in [0.1, 0.15) is 5.75 Å². The van der Waals surface area contributed by atoms with Crippen molar-refractivity contribution in [1.29, 1.82) is 0 Å². The normalized spacial score (nSPS) is 18.4. The summed E-state index contributed by atoms with van der Waals surface area (Å²) in [7, 11) is 0. The molecular weight excluding hydrogens is 382 g/mol. The summed E-state index contributed by atoms with van der Waals surface area (Å²) in [6.07, 6.45) is 1.57. The van der Waals surface area contributed by atoms with E-state index in [2.05, 4.69) is 20.9 Å². The van der Waals surface area contributed by atoms with Crippen molar-refractivity contribution in [3.05, 3.63) is 63.3 Å². The second kappa shape index (κ2) is 5.19. The van der Waals surface area contributed by atoms with E-state index in [1.165, 1.54) is 0 Å². The Bertz CT molecular complexity index is 1030. The molecule has 4 nitrogen and oxygen atoms in total. The van der Waals surface area contributed by atoms with E-state index in [4.69, 9.17) is 4.74 Å². The largest absolute Gasteiger partial charge is 0.507 e. The molecule has 1 spiro atoms. The lowest BCUT2D eigenvalue weighted by molar-refractivity contribution is 0.0601. The summed E-state index contributed by atoms with van der Waals surface area (Å²) < 4.78 is 6.16. The fourth-order valence-corrected chi connectivity index (χ4v) is 4.73. The number of aromatic nitrogens is 1. The Balaban J connectivity index is 1.90. The van der Waals surface area contributed by atoms with E-state index in [0.29, 0.717) is 23.2 Å². The molecule has 5 heteroatoms. The molecule has 2 aliphatic rings.